The number of carboxylic acids is 1. The van der Waals surface area contributed by atoms with Crippen molar-refractivity contribution in [2.75, 3.05) is 11.4 Å². The molecule has 1 unspecified atom stereocenters. The number of benzene rings is 1. The van der Waals surface area contributed by atoms with Crippen LogP contribution < -0.4 is 4.90 Å². The van der Waals surface area contributed by atoms with Crippen LogP contribution in [-0.2, 0) is 4.79 Å². The number of rotatable bonds is 4. The summed E-state index contributed by atoms with van der Waals surface area (Å²) in [6, 6.07) is 6.28. The minimum atomic E-state index is -0.953. The van der Waals surface area contributed by atoms with Gasteiger partial charge >= 0.3 is 5.97 Å². The van der Waals surface area contributed by atoms with Crippen LogP contribution in [0.5, 0.6) is 0 Å². The van der Waals surface area contributed by atoms with E-state index in [0.717, 1.165) is 30.3 Å². The zero-order chi connectivity index (χ0) is 13.8. The number of nitrogens with zero attached hydrogens (tertiary/aromatic N) is 1. The molecule has 1 fully saturated rings. The molecule has 2 rings (SSSR count). The summed E-state index contributed by atoms with van der Waals surface area (Å²) in [5.41, 5.74) is 1.86. The third-order valence-electron chi connectivity index (χ3n) is 3.55. The van der Waals surface area contributed by atoms with Crippen LogP contribution in [0.4, 0.5) is 5.69 Å². The molecule has 0 bridgehead atoms. The fraction of sp³-hybridized carbons (Fsp3) is 0.400. The van der Waals surface area contributed by atoms with Gasteiger partial charge in [-0.05, 0) is 43.0 Å². The Morgan fingerprint density at radius 2 is 2.37 bits per heavy atom. The molecule has 1 atom stereocenters. The van der Waals surface area contributed by atoms with E-state index < -0.39 is 5.97 Å². The second kappa shape index (κ2) is 6.11. The molecule has 0 amide bonds. The number of anilines is 1. The molecule has 0 spiro atoms. The average Bonchev–Trinajstić information content (AvgIpc) is 2.84. The highest BCUT2D eigenvalue weighted by atomic mass is 35.5. The van der Waals surface area contributed by atoms with E-state index in [1.165, 1.54) is 12.8 Å². The summed E-state index contributed by atoms with van der Waals surface area (Å²) >= 11 is 6.32. The lowest BCUT2D eigenvalue weighted by Gasteiger charge is -2.27. The van der Waals surface area contributed by atoms with E-state index >= 15 is 0 Å². The van der Waals surface area contributed by atoms with Gasteiger partial charge in [-0.15, -0.1) is 0 Å². The molecule has 1 heterocycles. The third-order valence-corrected chi connectivity index (χ3v) is 3.85. The lowest BCUT2D eigenvalue weighted by atomic mass is 10.1. The van der Waals surface area contributed by atoms with Gasteiger partial charge in [-0.2, -0.15) is 0 Å². The first-order valence-electron chi connectivity index (χ1n) is 6.59. The fourth-order valence-corrected chi connectivity index (χ4v) is 2.90. The van der Waals surface area contributed by atoms with Crippen LogP contribution in [0.3, 0.4) is 0 Å². The molecular weight excluding hydrogens is 262 g/mol. The van der Waals surface area contributed by atoms with Crippen molar-refractivity contribution < 1.29 is 9.90 Å². The van der Waals surface area contributed by atoms with Gasteiger partial charge in [-0.25, -0.2) is 4.79 Å². The zero-order valence-corrected chi connectivity index (χ0v) is 11.7. The molecule has 0 radical (unpaired) electrons. The minimum absolute atomic E-state index is 0.568. The van der Waals surface area contributed by atoms with Crippen LogP contribution in [0.25, 0.3) is 6.08 Å². The van der Waals surface area contributed by atoms with Gasteiger partial charge in [0, 0.05) is 18.7 Å². The number of halogens is 1. The molecule has 1 aliphatic heterocycles. The quantitative estimate of drug-likeness (QED) is 0.852. The molecule has 1 N–H and O–H groups in total. The van der Waals surface area contributed by atoms with Crippen molar-refractivity contribution in [2.45, 2.75) is 32.2 Å². The molecule has 0 saturated carbocycles. The van der Waals surface area contributed by atoms with Gasteiger partial charge in [0.25, 0.3) is 0 Å². The van der Waals surface area contributed by atoms with Crippen LogP contribution >= 0.6 is 11.6 Å². The fourth-order valence-electron chi connectivity index (χ4n) is 2.60. The SMILES string of the molecule is CCC1CCCN1c1ccc(/C=C/C(=O)O)cc1Cl. The first kappa shape index (κ1) is 13.9. The molecular formula is C15H18ClNO2. The first-order valence-corrected chi connectivity index (χ1v) is 6.97. The maximum atomic E-state index is 10.5. The van der Waals surface area contributed by atoms with Crippen LogP contribution in [0.2, 0.25) is 5.02 Å². The Morgan fingerprint density at radius 3 is 3.00 bits per heavy atom. The van der Waals surface area contributed by atoms with Crippen molar-refractivity contribution >= 4 is 29.3 Å². The summed E-state index contributed by atoms with van der Waals surface area (Å²) in [6.45, 7) is 3.24. The van der Waals surface area contributed by atoms with Crippen LogP contribution in [-0.4, -0.2) is 23.7 Å². The lowest BCUT2D eigenvalue weighted by Crippen LogP contribution is -2.28. The van der Waals surface area contributed by atoms with Crippen LogP contribution in [0.1, 0.15) is 31.7 Å². The summed E-state index contributed by atoms with van der Waals surface area (Å²) in [7, 11) is 0. The summed E-state index contributed by atoms with van der Waals surface area (Å²) in [5.74, 6) is -0.953. The van der Waals surface area contributed by atoms with E-state index in [4.69, 9.17) is 16.7 Å². The van der Waals surface area contributed by atoms with Crippen LogP contribution in [0, 0.1) is 0 Å². The molecule has 3 nitrogen and oxygen atoms in total. The summed E-state index contributed by atoms with van der Waals surface area (Å²) in [5, 5.41) is 9.30. The Bertz CT molecular complexity index is 499. The van der Waals surface area contributed by atoms with E-state index in [0.29, 0.717) is 11.1 Å². The van der Waals surface area contributed by atoms with Crippen molar-refractivity contribution in [1.82, 2.24) is 0 Å². The molecule has 102 valence electrons. The predicted octanol–water partition coefficient (Wildman–Crippen LogP) is 3.82. The highest BCUT2D eigenvalue weighted by Gasteiger charge is 2.24. The summed E-state index contributed by atoms with van der Waals surface area (Å²) in [6.07, 6.45) is 6.22. The molecule has 0 aliphatic carbocycles. The molecule has 0 aromatic heterocycles. The van der Waals surface area contributed by atoms with Crippen LogP contribution in [0.15, 0.2) is 24.3 Å². The number of hydrogen-bond donors (Lipinski definition) is 1. The number of carboxylic acid groups (broad SMARTS) is 1. The Labute approximate surface area is 118 Å². The normalized spacial score (nSPS) is 19.3. The topological polar surface area (TPSA) is 40.5 Å². The maximum absolute atomic E-state index is 10.5. The Morgan fingerprint density at radius 1 is 1.58 bits per heavy atom. The first-order chi connectivity index (χ1) is 9.11. The van der Waals surface area contributed by atoms with Gasteiger partial charge in [0.2, 0.25) is 0 Å². The molecule has 19 heavy (non-hydrogen) atoms. The van der Waals surface area contributed by atoms with E-state index in [1.807, 2.05) is 18.2 Å². The van der Waals surface area contributed by atoms with Crippen molar-refractivity contribution in [3.05, 3.63) is 34.9 Å². The highest BCUT2D eigenvalue weighted by molar-refractivity contribution is 6.33. The van der Waals surface area contributed by atoms with Crippen molar-refractivity contribution in [2.24, 2.45) is 0 Å². The number of hydrogen-bond acceptors (Lipinski definition) is 2. The van der Waals surface area contributed by atoms with E-state index in [-0.39, 0.29) is 0 Å². The van der Waals surface area contributed by atoms with Gasteiger partial charge in [0.05, 0.1) is 10.7 Å². The summed E-state index contributed by atoms with van der Waals surface area (Å²) < 4.78 is 0. The monoisotopic (exact) mass is 279 g/mol. The molecule has 1 aromatic rings. The van der Waals surface area contributed by atoms with Gasteiger partial charge < -0.3 is 10.0 Å². The van der Waals surface area contributed by atoms with Crippen molar-refractivity contribution in [1.29, 1.82) is 0 Å². The Hall–Kier alpha value is -1.48. The molecule has 1 aliphatic rings. The Kier molecular flexibility index (Phi) is 4.48. The van der Waals surface area contributed by atoms with Crippen molar-refractivity contribution in [3.63, 3.8) is 0 Å². The summed E-state index contributed by atoms with van der Waals surface area (Å²) in [4.78, 5) is 12.8. The standard InChI is InChI=1S/C15H18ClNO2/c1-2-12-4-3-9-17(12)14-7-5-11(10-13(14)16)6-8-15(18)19/h5-8,10,12H,2-4,9H2,1H3,(H,18,19)/b8-6+. The van der Waals surface area contributed by atoms with Gasteiger partial charge in [-0.3, -0.25) is 0 Å². The third kappa shape index (κ3) is 3.29. The zero-order valence-electron chi connectivity index (χ0n) is 11.0. The molecule has 1 aromatic carbocycles. The number of aliphatic carboxylic acids is 1. The van der Waals surface area contributed by atoms with E-state index in [2.05, 4.69) is 11.8 Å². The maximum Gasteiger partial charge on any atom is 0.328 e. The number of carbonyl (C=O) groups is 1. The second-order valence-corrected chi connectivity index (χ2v) is 5.19. The molecule has 4 heteroatoms. The van der Waals surface area contributed by atoms with Gasteiger partial charge in [0.1, 0.15) is 0 Å². The lowest BCUT2D eigenvalue weighted by molar-refractivity contribution is -0.131. The van der Waals surface area contributed by atoms with E-state index in [1.54, 1.807) is 6.08 Å². The Balaban J connectivity index is 2.22. The van der Waals surface area contributed by atoms with E-state index in [9.17, 15) is 4.79 Å². The van der Waals surface area contributed by atoms with Gasteiger partial charge in [-0.1, -0.05) is 24.6 Å². The smallest absolute Gasteiger partial charge is 0.328 e. The second-order valence-electron chi connectivity index (χ2n) is 4.78. The predicted molar refractivity (Wildman–Crippen MR) is 78.8 cm³/mol. The molecule has 1 saturated heterocycles. The largest absolute Gasteiger partial charge is 0.478 e. The highest BCUT2D eigenvalue weighted by Crippen LogP contribution is 2.33. The average molecular weight is 280 g/mol. The van der Waals surface area contributed by atoms with Gasteiger partial charge in [0.15, 0.2) is 0 Å². The van der Waals surface area contributed by atoms with Crippen molar-refractivity contribution in [3.8, 4) is 0 Å². The minimum Gasteiger partial charge on any atom is -0.478 e.